The zero-order valence-electron chi connectivity index (χ0n) is 7.12. The molecule has 80 valence electrons. The van der Waals surface area contributed by atoms with E-state index in [9.17, 15) is 8.78 Å². The Bertz CT molecular complexity index is 503. The summed E-state index contributed by atoms with van der Waals surface area (Å²) in [6, 6.07) is 1.67. The number of alkyl halides is 2. The number of rotatable bonds is 2. The quantitative estimate of drug-likeness (QED) is 0.778. The van der Waals surface area contributed by atoms with E-state index < -0.39 is 5.76 Å². The molecule has 0 saturated carbocycles. The van der Waals surface area contributed by atoms with Gasteiger partial charge in [0.15, 0.2) is 5.15 Å². The van der Waals surface area contributed by atoms with Crippen LogP contribution in [0.25, 0.3) is 5.52 Å². The van der Waals surface area contributed by atoms with Crippen LogP contribution < -0.4 is 0 Å². The number of thioether (sulfide) groups is 1. The summed E-state index contributed by atoms with van der Waals surface area (Å²) < 4.78 is 26.7. The molecule has 0 aliphatic heterocycles. The van der Waals surface area contributed by atoms with Crippen LogP contribution in [0.4, 0.5) is 8.78 Å². The molecule has 0 atom stereocenters. The second-order valence-electron chi connectivity index (χ2n) is 2.65. The third-order valence-corrected chi connectivity index (χ3v) is 3.74. The number of hydrogen-bond acceptors (Lipinski definition) is 2. The molecule has 0 aliphatic rings. The molecule has 2 aromatic heterocycles. The maximum Gasteiger partial charge on any atom is 0.290 e. The number of nitrogens with zero attached hydrogens (tertiary/aromatic N) is 2. The fourth-order valence-electron chi connectivity index (χ4n) is 1.21. The minimum atomic E-state index is -2.47. The Balaban J connectivity index is 2.63. The van der Waals surface area contributed by atoms with Crippen LogP contribution in [0, 0.1) is 0 Å². The van der Waals surface area contributed by atoms with Crippen molar-refractivity contribution in [3.05, 3.63) is 28.1 Å². The number of aromatic nitrogens is 2. The third kappa shape index (κ3) is 2.11. The second-order valence-corrected chi connectivity index (χ2v) is 4.84. The first kappa shape index (κ1) is 11.2. The van der Waals surface area contributed by atoms with Crippen LogP contribution in [0.1, 0.15) is 0 Å². The van der Waals surface area contributed by atoms with E-state index in [1.54, 1.807) is 16.7 Å². The van der Waals surface area contributed by atoms with Crippen molar-refractivity contribution in [1.82, 2.24) is 9.38 Å². The summed E-state index contributed by atoms with van der Waals surface area (Å²) >= 11 is 9.51. The van der Waals surface area contributed by atoms with Gasteiger partial charge in [-0.05, 0) is 33.8 Å². The van der Waals surface area contributed by atoms with Crippen LogP contribution in [0.15, 0.2) is 28.0 Å². The number of hydrogen-bond donors (Lipinski definition) is 0. The predicted octanol–water partition coefficient (Wildman–Crippen LogP) is 4.06. The van der Waals surface area contributed by atoms with E-state index in [2.05, 4.69) is 20.9 Å². The Morgan fingerprint density at radius 2 is 2.27 bits per heavy atom. The van der Waals surface area contributed by atoms with E-state index in [-0.39, 0.29) is 0 Å². The van der Waals surface area contributed by atoms with Crippen molar-refractivity contribution in [1.29, 1.82) is 0 Å². The summed E-state index contributed by atoms with van der Waals surface area (Å²) in [6.45, 7) is 0. The molecule has 0 unspecified atom stereocenters. The van der Waals surface area contributed by atoms with E-state index in [1.807, 2.05) is 0 Å². The Morgan fingerprint density at radius 3 is 2.93 bits per heavy atom. The van der Waals surface area contributed by atoms with Gasteiger partial charge in [-0.25, -0.2) is 4.98 Å². The SMILES string of the molecule is FC(F)Sc1c(Br)cc2c(Cl)nccn12. The molecule has 2 rings (SSSR count). The molecule has 0 aliphatic carbocycles. The first-order valence-electron chi connectivity index (χ1n) is 3.85. The van der Waals surface area contributed by atoms with Gasteiger partial charge in [-0.15, -0.1) is 0 Å². The monoisotopic (exact) mass is 312 g/mol. The molecular formula is C8H4BrClF2N2S. The van der Waals surface area contributed by atoms with Crippen molar-refractivity contribution in [3.63, 3.8) is 0 Å². The largest absolute Gasteiger partial charge is 0.306 e. The van der Waals surface area contributed by atoms with Crippen LogP contribution in [0.3, 0.4) is 0 Å². The number of fused-ring (bicyclic) bond motifs is 1. The van der Waals surface area contributed by atoms with Crippen molar-refractivity contribution < 1.29 is 8.78 Å². The lowest BCUT2D eigenvalue weighted by Crippen LogP contribution is -1.90. The standard InChI is InChI=1S/C8H4BrClF2N2S/c9-4-3-5-6(10)13-1-2-14(5)7(4)15-8(11)12/h1-3,8H. The Morgan fingerprint density at radius 1 is 1.53 bits per heavy atom. The predicted molar refractivity (Wildman–Crippen MR) is 59.8 cm³/mol. The van der Waals surface area contributed by atoms with Crippen LogP contribution in [-0.2, 0) is 0 Å². The molecule has 15 heavy (non-hydrogen) atoms. The normalized spacial score (nSPS) is 11.5. The van der Waals surface area contributed by atoms with Crippen molar-refractivity contribution in [2.24, 2.45) is 0 Å². The van der Waals surface area contributed by atoms with E-state index in [0.717, 1.165) is 0 Å². The minimum absolute atomic E-state index is 0.291. The molecule has 0 radical (unpaired) electrons. The van der Waals surface area contributed by atoms with Crippen molar-refractivity contribution in [2.45, 2.75) is 10.8 Å². The van der Waals surface area contributed by atoms with Gasteiger partial charge in [0.05, 0.1) is 15.0 Å². The summed E-state index contributed by atoms with van der Waals surface area (Å²) in [6.07, 6.45) is 3.06. The molecule has 0 N–H and O–H groups in total. The zero-order valence-corrected chi connectivity index (χ0v) is 10.3. The van der Waals surface area contributed by atoms with Crippen LogP contribution in [0.5, 0.6) is 0 Å². The summed E-state index contributed by atoms with van der Waals surface area (Å²) in [7, 11) is 0. The molecule has 2 heterocycles. The van der Waals surface area contributed by atoms with Gasteiger partial charge in [-0.3, -0.25) is 0 Å². The Hall–Kier alpha value is -0.330. The maximum atomic E-state index is 12.3. The summed E-state index contributed by atoms with van der Waals surface area (Å²) in [5.74, 6) is -2.47. The third-order valence-electron chi connectivity index (χ3n) is 1.76. The van der Waals surface area contributed by atoms with Crippen molar-refractivity contribution in [2.75, 3.05) is 0 Å². The molecule has 7 heteroatoms. The van der Waals surface area contributed by atoms with Gasteiger partial charge in [-0.1, -0.05) is 11.6 Å². The van der Waals surface area contributed by atoms with Gasteiger partial charge in [0.2, 0.25) is 0 Å². The van der Waals surface area contributed by atoms with Gasteiger partial charge >= 0.3 is 0 Å². The van der Waals surface area contributed by atoms with Gasteiger partial charge in [0.1, 0.15) is 0 Å². The molecule has 0 saturated heterocycles. The van der Waals surface area contributed by atoms with Gasteiger partial charge in [-0.2, -0.15) is 8.78 Å². The smallest absolute Gasteiger partial charge is 0.290 e. The van der Waals surface area contributed by atoms with E-state index in [4.69, 9.17) is 11.6 Å². The molecule has 2 aromatic rings. The Kier molecular flexibility index (Phi) is 3.18. The molecule has 0 fully saturated rings. The lowest BCUT2D eigenvalue weighted by Gasteiger charge is -2.02. The van der Waals surface area contributed by atoms with Crippen LogP contribution >= 0.6 is 39.3 Å². The molecule has 0 amide bonds. The van der Waals surface area contributed by atoms with Gasteiger partial charge in [0.25, 0.3) is 5.76 Å². The topological polar surface area (TPSA) is 17.3 Å². The molecule has 0 spiro atoms. The Labute approximate surface area is 102 Å². The van der Waals surface area contributed by atoms with Crippen molar-refractivity contribution in [3.8, 4) is 0 Å². The van der Waals surface area contributed by atoms with Crippen LogP contribution in [0.2, 0.25) is 5.15 Å². The van der Waals surface area contributed by atoms with E-state index in [1.165, 1.54) is 6.20 Å². The second kappa shape index (κ2) is 4.27. The minimum Gasteiger partial charge on any atom is -0.306 e. The van der Waals surface area contributed by atoms with Gasteiger partial charge < -0.3 is 4.40 Å². The first-order valence-corrected chi connectivity index (χ1v) is 5.90. The van der Waals surface area contributed by atoms with Crippen LogP contribution in [-0.4, -0.2) is 15.1 Å². The fourth-order valence-corrected chi connectivity index (χ4v) is 2.71. The summed E-state index contributed by atoms with van der Waals surface area (Å²) in [4.78, 5) is 3.87. The molecular weight excluding hydrogens is 310 g/mol. The van der Waals surface area contributed by atoms with E-state index in [0.29, 0.717) is 31.9 Å². The molecule has 0 aromatic carbocycles. The highest BCUT2D eigenvalue weighted by Gasteiger charge is 2.15. The highest BCUT2D eigenvalue weighted by atomic mass is 79.9. The lowest BCUT2D eigenvalue weighted by molar-refractivity contribution is 0.251. The van der Waals surface area contributed by atoms with Crippen molar-refractivity contribution >= 4 is 44.8 Å². The molecule has 2 nitrogen and oxygen atoms in total. The zero-order chi connectivity index (χ0) is 11.0. The highest BCUT2D eigenvalue weighted by Crippen LogP contribution is 2.35. The number of halogens is 4. The maximum absolute atomic E-state index is 12.3. The van der Waals surface area contributed by atoms with Gasteiger partial charge in [0, 0.05) is 12.4 Å². The van der Waals surface area contributed by atoms with E-state index >= 15 is 0 Å². The highest BCUT2D eigenvalue weighted by molar-refractivity contribution is 9.10. The summed E-state index contributed by atoms with van der Waals surface area (Å²) in [5.41, 5.74) is 0.606. The lowest BCUT2D eigenvalue weighted by atomic mass is 10.5. The summed E-state index contributed by atoms with van der Waals surface area (Å²) in [5, 5.41) is 0.712. The average Bonchev–Trinajstić information content (AvgIpc) is 2.45. The first-order chi connectivity index (χ1) is 7.09. The fraction of sp³-hybridized carbons (Fsp3) is 0.125. The average molecular weight is 314 g/mol. The molecule has 0 bridgehead atoms.